The Kier molecular flexibility index (Phi) is 5.04. The smallest absolute Gasteiger partial charge is 0.231 e. The predicted octanol–water partition coefficient (Wildman–Crippen LogP) is 2.72. The van der Waals surface area contributed by atoms with E-state index in [-0.39, 0.29) is 0 Å². The Morgan fingerprint density at radius 3 is 2.46 bits per heavy atom. The Morgan fingerprint density at radius 1 is 0.962 bits per heavy atom. The van der Waals surface area contributed by atoms with Gasteiger partial charge in [0.2, 0.25) is 13.6 Å². The average molecular weight is 358 g/mol. The first-order chi connectivity index (χ1) is 12.7. The van der Waals surface area contributed by atoms with Crippen molar-refractivity contribution in [2.45, 2.75) is 20.4 Å². The van der Waals surface area contributed by atoms with Crippen LogP contribution in [0.5, 0.6) is 11.5 Å². The monoisotopic (exact) mass is 358 g/mol. The van der Waals surface area contributed by atoms with Crippen molar-refractivity contribution in [3.05, 3.63) is 46.9 Å². The number of hydrogen-bond donors (Lipinski definition) is 0. The molecule has 1 fully saturated rings. The first-order valence-electron chi connectivity index (χ1n) is 9.14. The van der Waals surface area contributed by atoms with Crippen LogP contribution in [-0.4, -0.2) is 56.1 Å². The van der Waals surface area contributed by atoms with Gasteiger partial charge in [-0.1, -0.05) is 11.6 Å². The van der Waals surface area contributed by atoms with Gasteiger partial charge in [0.15, 0.2) is 17.3 Å². The van der Waals surface area contributed by atoms with Gasteiger partial charge in [-0.2, -0.15) is 0 Å². The fraction of sp³-hybridized carbons (Fsp3) is 0.500. The number of allylic oxidation sites excluding steroid dienone is 2. The summed E-state index contributed by atoms with van der Waals surface area (Å²) in [7, 11) is 0. The number of benzene rings is 1. The third-order valence-electron chi connectivity index (χ3n) is 5.00. The van der Waals surface area contributed by atoms with Crippen LogP contribution in [0, 0.1) is 0 Å². The lowest BCUT2D eigenvalue weighted by atomic mass is 10.1. The van der Waals surface area contributed by atoms with Crippen molar-refractivity contribution < 1.29 is 18.9 Å². The highest BCUT2D eigenvalue weighted by molar-refractivity contribution is 5.44. The normalized spacial score (nSPS) is 21.1. The molecule has 140 valence electrons. The highest BCUT2D eigenvalue weighted by Gasteiger charge is 2.19. The molecule has 6 heteroatoms. The van der Waals surface area contributed by atoms with Crippen molar-refractivity contribution in [2.75, 3.05) is 46.3 Å². The largest absolute Gasteiger partial charge is 0.458 e. The van der Waals surface area contributed by atoms with Gasteiger partial charge in [0.05, 0.1) is 0 Å². The summed E-state index contributed by atoms with van der Waals surface area (Å²) in [5.74, 6) is 3.45. The van der Waals surface area contributed by atoms with Crippen LogP contribution >= 0.6 is 0 Å². The van der Waals surface area contributed by atoms with Crippen molar-refractivity contribution in [1.82, 2.24) is 9.80 Å². The second kappa shape index (κ2) is 7.60. The number of piperazine rings is 1. The minimum Gasteiger partial charge on any atom is -0.458 e. The summed E-state index contributed by atoms with van der Waals surface area (Å²) in [6.07, 6.45) is 2.10. The topological polar surface area (TPSA) is 43.4 Å². The Labute approximate surface area is 154 Å². The zero-order valence-electron chi connectivity index (χ0n) is 15.5. The molecule has 26 heavy (non-hydrogen) atoms. The van der Waals surface area contributed by atoms with Crippen LogP contribution in [0.2, 0.25) is 0 Å². The number of ether oxygens (including phenoxy) is 4. The number of nitrogens with zero attached hydrogens (tertiary/aromatic N) is 2. The first-order valence-corrected chi connectivity index (χ1v) is 9.14. The van der Waals surface area contributed by atoms with E-state index in [4.69, 9.17) is 18.9 Å². The molecule has 0 aromatic heterocycles. The van der Waals surface area contributed by atoms with Gasteiger partial charge in [0.1, 0.15) is 5.76 Å². The maximum atomic E-state index is 5.48. The second-order valence-electron chi connectivity index (χ2n) is 7.06. The molecule has 0 saturated carbocycles. The van der Waals surface area contributed by atoms with Gasteiger partial charge < -0.3 is 18.9 Å². The van der Waals surface area contributed by atoms with Gasteiger partial charge in [-0.15, -0.1) is 0 Å². The molecule has 3 aliphatic rings. The zero-order valence-corrected chi connectivity index (χ0v) is 15.5. The van der Waals surface area contributed by atoms with Gasteiger partial charge in [-0.3, -0.25) is 9.80 Å². The third-order valence-corrected chi connectivity index (χ3v) is 5.00. The molecule has 0 aliphatic carbocycles. The lowest BCUT2D eigenvalue weighted by Crippen LogP contribution is -2.46. The Morgan fingerprint density at radius 2 is 1.69 bits per heavy atom. The molecule has 0 N–H and O–H groups in total. The van der Waals surface area contributed by atoms with E-state index in [2.05, 4.69) is 34.9 Å². The van der Waals surface area contributed by atoms with Crippen molar-refractivity contribution in [3.8, 4) is 11.5 Å². The van der Waals surface area contributed by atoms with E-state index in [0.29, 0.717) is 13.6 Å². The SMILES string of the molecule is CC1=C(/C=C(\C)CN2CCN(Cc3ccc4c(c3)OCO4)CC2)OCO1. The molecule has 0 spiro atoms. The molecular weight excluding hydrogens is 332 g/mol. The second-order valence-corrected chi connectivity index (χ2v) is 7.06. The van der Waals surface area contributed by atoms with Crippen LogP contribution < -0.4 is 9.47 Å². The molecular formula is C20H26N2O4. The Hall–Kier alpha value is -2.18. The summed E-state index contributed by atoms with van der Waals surface area (Å²) < 4.78 is 21.7. The van der Waals surface area contributed by atoms with Crippen LogP contribution in [0.3, 0.4) is 0 Å². The minimum atomic E-state index is 0.331. The van der Waals surface area contributed by atoms with E-state index >= 15 is 0 Å². The summed E-state index contributed by atoms with van der Waals surface area (Å²) in [6, 6.07) is 6.24. The number of hydrogen-bond acceptors (Lipinski definition) is 6. The molecule has 3 heterocycles. The highest BCUT2D eigenvalue weighted by Crippen LogP contribution is 2.32. The molecule has 0 bridgehead atoms. The number of fused-ring (bicyclic) bond motifs is 1. The van der Waals surface area contributed by atoms with Crippen molar-refractivity contribution in [3.63, 3.8) is 0 Å². The lowest BCUT2D eigenvalue weighted by molar-refractivity contribution is 0.0748. The Bertz CT molecular complexity index is 721. The van der Waals surface area contributed by atoms with E-state index in [0.717, 1.165) is 62.3 Å². The molecule has 0 amide bonds. The van der Waals surface area contributed by atoms with Crippen LogP contribution in [0.25, 0.3) is 0 Å². The molecule has 0 radical (unpaired) electrons. The summed E-state index contributed by atoms with van der Waals surface area (Å²) >= 11 is 0. The molecule has 1 saturated heterocycles. The van der Waals surface area contributed by atoms with Crippen LogP contribution in [0.4, 0.5) is 0 Å². The molecule has 0 atom stereocenters. The highest BCUT2D eigenvalue weighted by atomic mass is 16.7. The maximum Gasteiger partial charge on any atom is 0.231 e. The summed E-state index contributed by atoms with van der Waals surface area (Å²) in [4.78, 5) is 4.99. The average Bonchev–Trinajstić information content (AvgIpc) is 3.25. The first kappa shape index (κ1) is 17.2. The third kappa shape index (κ3) is 3.97. The quantitative estimate of drug-likeness (QED) is 0.806. The molecule has 3 aliphatic heterocycles. The number of rotatable bonds is 5. The van der Waals surface area contributed by atoms with Gasteiger partial charge in [-0.05, 0) is 37.6 Å². The van der Waals surface area contributed by atoms with E-state index in [1.54, 1.807) is 0 Å². The van der Waals surface area contributed by atoms with Crippen LogP contribution in [0.15, 0.2) is 41.4 Å². The van der Waals surface area contributed by atoms with Gasteiger partial charge in [0, 0.05) is 39.3 Å². The predicted molar refractivity (Wildman–Crippen MR) is 97.8 cm³/mol. The standard InChI is InChI=1S/C20H26N2O4/c1-15(9-19-16(2)23-13-25-19)11-21-5-7-22(8-6-21)12-17-3-4-18-20(10-17)26-14-24-18/h3-4,9-10H,5-8,11-14H2,1-2H3/b15-9+. The van der Waals surface area contributed by atoms with Gasteiger partial charge >= 0.3 is 0 Å². The maximum absolute atomic E-state index is 5.48. The fourth-order valence-electron chi connectivity index (χ4n) is 3.52. The van der Waals surface area contributed by atoms with Gasteiger partial charge in [-0.25, -0.2) is 0 Å². The van der Waals surface area contributed by atoms with Crippen LogP contribution in [0.1, 0.15) is 19.4 Å². The van der Waals surface area contributed by atoms with E-state index < -0.39 is 0 Å². The summed E-state index contributed by atoms with van der Waals surface area (Å²) in [5.41, 5.74) is 2.58. The summed E-state index contributed by atoms with van der Waals surface area (Å²) in [6.45, 7) is 11.0. The fourth-order valence-corrected chi connectivity index (χ4v) is 3.52. The zero-order chi connectivity index (χ0) is 17.9. The molecule has 4 rings (SSSR count). The molecule has 1 aromatic carbocycles. The van der Waals surface area contributed by atoms with E-state index in [1.807, 2.05) is 13.0 Å². The lowest BCUT2D eigenvalue weighted by Gasteiger charge is -2.34. The van der Waals surface area contributed by atoms with Gasteiger partial charge in [0.25, 0.3) is 0 Å². The van der Waals surface area contributed by atoms with Crippen LogP contribution in [-0.2, 0) is 16.0 Å². The minimum absolute atomic E-state index is 0.331. The van der Waals surface area contributed by atoms with E-state index in [1.165, 1.54) is 11.1 Å². The molecule has 0 unspecified atom stereocenters. The van der Waals surface area contributed by atoms with Crippen molar-refractivity contribution >= 4 is 0 Å². The molecule has 6 nitrogen and oxygen atoms in total. The van der Waals surface area contributed by atoms with E-state index in [9.17, 15) is 0 Å². The van der Waals surface area contributed by atoms with Crippen molar-refractivity contribution in [2.24, 2.45) is 0 Å². The summed E-state index contributed by atoms with van der Waals surface area (Å²) in [5, 5.41) is 0. The molecule has 1 aromatic rings. The van der Waals surface area contributed by atoms with Crippen molar-refractivity contribution in [1.29, 1.82) is 0 Å². The Balaban J connectivity index is 1.26.